The molecule has 30 heavy (non-hydrogen) atoms. The number of carbonyl (C=O) groups is 3. The maximum absolute atomic E-state index is 13.1. The first-order valence-corrected chi connectivity index (χ1v) is 9.73. The normalized spacial score (nSPS) is 10.3. The first kappa shape index (κ1) is 22.8. The third-order valence-electron chi connectivity index (χ3n) is 3.82. The second-order valence-electron chi connectivity index (χ2n) is 6.10. The van der Waals surface area contributed by atoms with Crippen LogP contribution in [0.1, 0.15) is 15.9 Å². The van der Waals surface area contributed by atoms with Gasteiger partial charge in [-0.05, 0) is 29.8 Å². The average molecular weight is 434 g/mol. The molecule has 0 fully saturated rings. The van der Waals surface area contributed by atoms with E-state index in [-0.39, 0.29) is 53.2 Å². The van der Waals surface area contributed by atoms with Gasteiger partial charge in [-0.3, -0.25) is 24.5 Å². The van der Waals surface area contributed by atoms with Crippen LogP contribution in [0.5, 0.6) is 0 Å². The van der Waals surface area contributed by atoms with Crippen molar-refractivity contribution in [1.82, 2.24) is 10.6 Å². The molecule has 4 N–H and O–H groups in total. The monoisotopic (exact) mass is 434 g/mol. The second kappa shape index (κ2) is 10.9. The minimum absolute atomic E-state index is 0.00415. The molecular weight excluding hydrogens is 415 g/mol. The molecule has 0 aliphatic carbocycles. The molecule has 0 spiro atoms. The third-order valence-corrected chi connectivity index (χ3v) is 4.88. The fourth-order valence-electron chi connectivity index (χ4n) is 2.43. The van der Waals surface area contributed by atoms with E-state index in [0.29, 0.717) is 5.56 Å². The standard InChI is InChI=1S/C19H19FN4O5S/c20-14-3-1-2-12(8-14)9-17(25)22-6-7-23-18(26)11-30-16-5-4-13(19(21)27)10-15(16)24(28)29/h1-5,8,10H,6-7,9,11H2,(H2,21,27)(H,22,25)(H,23,26). The minimum atomic E-state index is -0.785. The van der Waals surface area contributed by atoms with Crippen LogP contribution in [0.4, 0.5) is 10.1 Å². The van der Waals surface area contributed by atoms with E-state index in [1.165, 1.54) is 30.3 Å². The second-order valence-corrected chi connectivity index (χ2v) is 7.12. The topological polar surface area (TPSA) is 144 Å². The van der Waals surface area contributed by atoms with Gasteiger partial charge in [-0.15, -0.1) is 11.8 Å². The van der Waals surface area contributed by atoms with E-state index in [0.717, 1.165) is 17.8 Å². The first-order valence-electron chi connectivity index (χ1n) is 8.75. The lowest BCUT2D eigenvalue weighted by atomic mass is 10.1. The van der Waals surface area contributed by atoms with Crippen LogP contribution in [-0.4, -0.2) is 41.5 Å². The van der Waals surface area contributed by atoms with Gasteiger partial charge in [0.05, 0.1) is 22.0 Å². The molecule has 0 unspecified atom stereocenters. The number of nitro groups is 1. The van der Waals surface area contributed by atoms with Gasteiger partial charge in [0.25, 0.3) is 5.69 Å². The molecule has 0 aliphatic rings. The SMILES string of the molecule is NC(=O)c1ccc(SCC(=O)NCCNC(=O)Cc2cccc(F)c2)c([N+](=O)[O-])c1. The highest BCUT2D eigenvalue weighted by Crippen LogP contribution is 2.29. The molecule has 2 aromatic carbocycles. The van der Waals surface area contributed by atoms with Crippen molar-refractivity contribution in [3.05, 3.63) is 69.5 Å². The summed E-state index contributed by atoms with van der Waals surface area (Å²) in [6, 6.07) is 9.49. The summed E-state index contributed by atoms with van der Waals surface area (Å²) in [4.78, 5) is 45.6. The molecule has 2 aromatic rings. The summed E-state index contributed by atoms with van der Waals surface area (Å²) in [7, 11) is 0. The third kappa shape index (κ3) is 7.17. The number of nitrogens with zero attached hydrogens (tertiary/aromatic N) is 1. The number of rotatable bonds is 10. The molecule has 0 radical (unpaired) electrons. The van der Waals surface area contributed by atoms with Crippen LogP contribution in [0.2, 0.25) is 0 Å². The Labute approximate surface area is 175 Å². The number of hydrogen-bond acceptors (Lipinski definition) is 6. The number of carbonyl (C=O) groups excluding carboxylic acids is 3. The Morgan fingerprint density at radius 3 is 2.40 bits per heavy atom. The molecule has 9 nitrogen and oxygen atoms in total. The van der Waals surface area contributed by atoms with Crippen molar-refractivity contribution in [3.63, 3.8) is 0 Å². The highest BCUT2D eigenvalue weighted by Gasteiger charge is 2.18. The van der Waals surface area contributed by atoms with Crippen LogP contribution in [0.25, 0.3) is 0 Å². The number of halogens is 1. The predicted octanol–water partition coefficient (Wildman–Crippen LogP) is 1.40. The molecule has 0 saturated heterocycles. The number of nitrogens with one attached hydrogen (secondary N) is 2. The zero-order valence-electron chi connectivity index (χ0n) is 15.7. The fraction of sp³-hybridized carbons (Fsp3) is 0.211. The number of hydrogen-bond donors (Lipinski definition) is 3. The molecule has 2 rings (SSSR count). The maximum atomic E-state index is 13.1. The summed E-state index contributed by atoms with van der Waals surface area (Å²) in [6.07, 6.45) is 0.0204. The lowest BCUT2D eigenvalue weighted by Gasteiger charge is -2.08. The number of amides is 3. The minimum Gasteiger partial charge on any atom is -0.366 e. The fourth-order valence-corrected chi connectivity index (χ4v) is 3.26. The lowest BCUT2D eigenvalue weighted by Crippen LogP contribution is -2.36. The highest BCUT2D eigenvalue weighted by molar-refractivity contribution is 8.00. The van der Waals surface area contributed by atoms with Crippen LogP contribution in [-0.2, 0) is 16.0 Å². The number of nitrogens with two attached hydrogens (primary N) is 1. The summed E-state index contributed by atoms with van der Waals surface area (Å²) >= 11 is 0.943. The van der Waals surface area contributed by atoms with Gasteiger partial charge in [-0.1, -0.05) is 12.1 Å². The summed E-state index contributed by atoms with van der Waals surface area (Å²) in [5.41, 5.74) is 5.35. The van der Waals surface area contributed by atoms with Crippen LogP contribution in [0, 0.1) is 15.9 Å². The van der Waals surface area contributed by atoms with Crippen molar-refractivity contribution >= 4 is 35.2 Å². The van der Waals surface area contributed by atoms with Gasteiger partial charge in [0, 0.05) is 24.7 Å². The summed E-state index contributed by atoms with van der Waals surface area (Å²) in [5, 5.41) is 16.3. The van der Waals surface area contributed by atoms with E-state index in [4.69, 9.17) is 5.73 Å². The van der Waals surface area contributed by atoms with Crippen molar-refractivity contribution in [2.75, 3.05) is 18.8 Å². The Morgan fingerprint density at radius 1 is 1.07 bits per heavy atom. The highest BCUT2D eigenvalue weighted by atomic mass is 32.2. The largest absolute Gasteiger partial charge is 0.366 e. The van der Waals surface area contributed by atoms with Crippen LogP contribution >= 0.6 is 11.8 Å². The molecule has 3 amide bonds. The van der Waals surface area contributed by atoms with Gasteiger partial charge in [0.1, 0.15) is 5.82 Å². The molecule has 0 aromatic heterocycles. The molecule has 0 atom stereocenters. The van der Waals surface area contributed by atoms with Crippen molar-refractivity contribution in [3.8, 4) is 0 Å². The van der Waals surface area contributed by atoms with Crippen molar-refractivity contribution in [2.24, 2.45) is 5.73 Å². The number of nitro benzene ring substituents is 1. The van der Waals surface area contributed by atoms with E-state index in [9.17, 15) is 28.9 Å². The van der Waals surface area contributed by atoms with E-state index in [2.05, 4.69) is 10.6 Å². The number of primary amides is 1. The molecule has 0 heterocycles. The zero-order valence-corrected chi connectivity index (χ0v) is 16.5. The molecule has 0 bridgehead atoms. The van der Waals surface area contributed by atoms with Crippen LogP contribution in [0.3, 0.4) is 0 Å². The number of benzene rings is 2. The summed E-state index contributed by atoms with van der Waals surface area (Å²) in [5.74, 6) is -1.99. The first-order chi connectivity index (χ1) is 14.3. The Morgan fingerprint density at radius 2 is 1.77 bits per heavy atom. The van der Waals surface area contributed by atoms with Gasteiger partial charge in [0.2, 0.25) is 17.7 Å². The molecule has 158 valence electrons. The molecule has 11 heteroatoms. The van der Waals surface area contributed by atoms with Gasteiger partial charge < -0.3 is 16.4 Å². The predicted molar refractivity (Wildman–Crippen MR) is 108 cm³/mol. The maximum Gasteiger partial charge on any atom is 0.283 e. The average Bonchev–Trinajstić information content (AvgIpc) is 2.69. The Bertz CT molecular complexity index is 970. The lowest BCUT2D eigenvalue weighted by molar-refractivity contribution is -0.387. The van der Waals surface area contributed by atoms with E-state index >= 15 is 0 Å². The summed E-state index contributed by atoms with van der Waals surface area (Å²) < 4.78 is 13.1. The van der Waals surface area contributed by atoms with E-state index < -0.39 is 16.6 Å². The van der Waals surface area contributed by atoms with Gasteiger partial charge in [0.15, 0.2) is 0 Å². The zero-order chi connectivity index (χ0) is 22.1. The Balaban J connectivity index is 1.74. The van der Waals surface area contributed by atoms with E-state index in [1.54, 1.807) is 6.07 Å². The van der Waals surface area contributed by atoms with E-state index in [1.807, 2.05) is 0 Å². The van der Waals surface area contributed by atoms with Gasteiger partial charge >= 0.3 is 0 Å². The Kier molecular flexibility index (Phi) is 8.29. The Hall–Kier alpha value is -3.47. The molecule has 0 saturated carbocycles. The van der Waals surface area contributed by atoms with Crippen molar-refractivity contribution < 1.29 is 23.7 Å². The van der Waals surface area contributed by atoms with Crippen molar-refractivity contribution in [2.45, 2.75) is 11.3 Å². The van der Waals surface area contributed by atoms with Crippen LogP contribution < -0.4 is 16.4 Å². The van der Waals surface area contributed by atoms with Gasteiger partial charge in [-0.25, -0.2) is 4.39 Å². The van der Waals surface area contributed by atoms with Gasteiger partial charge in [-0.2, -0.15) is 0 Å². The van der Waals surface area contributed by atoms with Crippen molar-refractivity contribution in [1.29, 1.82) is 0 Å². The quantitative estimate of drug-likeness (QED) is 0.223. The summed E-state index contributed by atoms with van der Waals surface area (Å²) in [6.45, 7) is 0.342. The smallest absolute Gasteiger partial charge is 0.283 e. The van der Waals surface area contributed by atoms with Crippen LogP contribution in [0.15, 0.2) is 47.4 Å². The number of thioether (sulfide) groups is 1. The molecular formula is C19H19FN4O5S. The molecule has 0 aliphatic heterocycles.